The van der Waals surface area contributed by atoms with E-state index in [-0.39, 0.29) is 65.7 Å². The molecule has 4 aliphatic heterocycles. The summed E-state index contributed by atoms with van der Waals surface area (Å²) in [7, 11) is -5.86. The molecule has 0 spiro atoms. The molecule has 9 amide bonds. The van der Waals surface area contributed by atoms with Crippen LogP contribution in [0.5, 0.6) is 0 Å². The zero-order chi connectivity index (χ0) is 59.1. The maximum absolute atomic E-state index is 14.9. The van der Waals surface area contributed by atoms with Crippen LogP contribution in [0.4, 0.5) is 8.78 Å². The molecule has 5 heterocycles. The van der Waals surface area contributed by atoms with Gasteiger partial charge in [-0.2, -0.15) is 8.78 Å². The summed E-state index contributed by atoms with van der Waals surface area (Å²) in [6.45, 7) is 6.11. The molecule has 5 N–H and O–H groups in total. The number of carbonyl (C=O) groups excluding carboxylic acids is 9. The topological polar surface area (TPSA) is 260 Å². The van der Waals surface area contributed by atoms with E-state index in [1.54, 1.807) is 37.8 Å². The molecule has 0 radical (unpaired) electrons. The Morgan fingerprint density at radius 1 is 0.829 bits per heavy atom. The molecule has 0 saturated carbocycles. The van der Waals surface area contributed by atoms with E-state index in [0.29, 0.717) is 49.2 Å². The Morgan fingerprint density at radius 3 is 2.26 bits per heavy atom. The molecule has 4 aliphatic rings. The van der Waals surface area contributed by atoms with Crippen LogP contribution in [0.15, 0.2) is 72.8 Å². The number of thiophene rings is 1. The van der Waals surface area contributed by atoms with Gasteiger partial charge in [-0.3, -0.25) is 57.9 Å². The quantitative estimate of drug-likeness (QED) is 0.0214. The van der Waals surface area contributed by atoms with Crippen molar-refractivity contribution in [3.05, 3.63) is 105 Å². The number of benzene rings is 3. The first-order chi connectivity index (χ1) is 38.9. The second kappa shape index (κ2) is 25.9. The van der Waals surface area contributed by atoms with Gasteiger partial charge in [-0.25, -0.2) is 0 Å². The van der Waals surface area contributed by atoms with Crippen LogP contribution in [0, 0.1) is 17.3 Å². The number of hydrogen-bond donors (Lipinski definition) is 5. The normalized spacial score (nSPS) is 19.1. The van der Waals surface area contributed by atoms with Gasteiger partial charge in [-0.05, 0) is 78.8 Å². The lowest BCUT2D eigenvalue weighted by atomic mass is 9.85. The van der Waals surface area contributed by atoms with Crippen molar-refractivity contribution in [2.45, 2.75) is 134 Å². The number of unbranched alkanes of at least 4 members (excludes halogenated alkanes) is 7. The fourth-order valence-electron chi connectivity index (χ4n) is 10.9. The van der Waals surface area contributed by atoms with Gasteiger partial charge in [0.25, 0.3) is 17.7 Å². The third-order valence-corrected chi connectivity index (χ3v) is 17.6. The molecule has 4 aromatic rings. The largest absolute Gasteiger partial charge is 0.399 e. The highest BCUT2D eigenvalue weighted by atomic mass is 32.1. The summed E-state index contributed by atoms with van der Waals surface area (Å²) < 4.78 is 41.2. The van der Waals surface area contributed by atoms with E-state index in [9.17, 15) is 66.3 Å². The van der Waals surface area contributed by atoms with Crippen LogP contribution in [0.3, 0.4) is 0 Å². The lowest BCUT2D eigenvalue weighted by Crippen LogP contribution is -2.66. The molecule has 8 rings (SSSR count). The van der Waals surface area contributed by atoms with Crippen LogP contribution in [-0.2, 0) is 39.0 Å². The van der Waals surface area contributed by atoms with Crippen molar-refractivity contribution in [2.24, 2.45) is 5.41 Å². The summed E-state index contributed by atoms with van der Waals surface area (Å²) >= 11 is 0.938. The number of amides is 9. The number of alkyl halides is 2. The van der Waals surface area contributed by atoms with Crippen molar-refractivity contribution in [1.82, 2.24) is 35.6 Å². The number of imide groups is 2. The molecule has 2 unspecified atom stereocenters. The van der Waals surface area contributed by atoms with Gasteiger partial charge in [0.15, 0.2) is 0 Å². The summed E-state index contributed by atoms with van der Waals surface area (Å²) in [6.07, 6.45) is 7.90. The molecule has 19 nitrogen and oxygen atoms in total. The lowest BCUT2D eigenvalue weighted by molar-refractivity contribution is -0.155. The number of likely N-dealkylation sites (tertiary alicyclic amines) is 1. The third kappa shape index (κ3) is 14.0. The molecule has 3 fully saturated rings. The van der Waals surface area contributed by atoms with E-state index >= 15 is 0 Å². The first-order valence-electron chi connectivity index (χ1n) is 27.7. The molecular weight excluding hydrogens is 1100 g/mol. The number of piperazine rings is 1. The molecule has 23 heteroatoms. The minimum atomic E-state index is -5.86. The van der Waals surface area contributed by atoms with Crippen LogP contribution < -0.4 is 16.0 Å². The average molecular weight is 1170 g/mol. The molecule has 0 aliphatic carbocycles. The monoisotopic (exact) mass is 1170 g/mol. The van der Waals surface area contributed by atoms with E-state index < -0.39 is 96.0 Å². The number of halogens is 2. The van der Waals surface area contributed by atoms with Crippen LogP contribution in [0.25, 0.3) is 10.1 Å². The van der Waals surface area contributed by atoms with E-state index in [0.717, 1.165) is 78.9 Å². The number of carbonyl (C=O) groups is 9. The van der Waals surface area contributed by atoms with E-state index in [4.69, 9.17) is 0 Å². The second-order valence-electron chi connectivity index (χ2n) is 22.4. The van der Waals surface area contributed by atoms with Crippen molar-refractivity contribution in [3.63, 3.8) is 0 Å². The first-order valence-corrected chi connectivity index (χ1v) is 30.2. The molecular formula is C59H68F2N7O12PS. The fourth-order valence-corrected chi connectivity index (χ4v) is 12.4. The summed E-state index contributed by atoms with van der Waals surface area (Å²) in [6, 6.07) is 15.6. The number of hydrogen-bond acceptors (Lipinski definition) is 11. The molecule has 436 valence electrons. The molecule has 0 bridgehead atoms. The van der Waals surface area contributed by atoms with Crippen LogP contribution >= 0.6 is 18.9 Å². The lowest BCUT2D eigenvalue weighted by Gasteiger charge is -2.45. The van der Waals surface area contributed by atoms with Crippen molar-refractivity contribution in [3.8, 4) is 11.8 Å². The van der Waals surface area contributed by atoms with Gasteiger partial charge < -0.3 is 35.1 Å². The maximum atomic E-state index is 14.9. The Hall–Kier alpha value is -7.18. The zero-order valence-electron chi connectivity index (χ0n) is 46.0. The van der Waals surface area contributed by atoms with Gasteiger partial charge in [0.05, 0.1) is 22.5 Å². The highest BCUT2D eigenvalue weighted by molar-refractivity contribution is 7.52. The van der Waals surface area contributed by atoms with Gasteiger partial charge in [-0.1, -0.05) is 107 Å². The molecule has 3 saturated heterocycles. The molecule has 82 heavy (non-hydrogen) atoms. The Kier molecular flexibility index (Phi) is 19.3. The Balaban J connectivity index is 0.815. The predicted octanol–water partition coefficient (Wildman–Crippen LogP) is 6.80. The maximum Gasteiger partial charge on any atom is 0.399 e. The van der Waals surface area contributed by atoms with Crippen LogP contribution in [-0.4, -0.2) is 140 Å². The van der Waals surface area contributed by atoms with E-state index in [1.807, 2.05) is 30.3 Å². The first kappa shape index (κ1) is 60.9. The standard InChI is InChI=1S/C59H68F2N7O12PS/c1-58(2,3)51(64-53(73)46-33-40-32-41(24-26-45(40)82-46)59(60,61)81(78,79)80)57(77)67-31-30-65(36-44(67)55(75)66-29-17-22-39(35-66)37-18-13-11-14-19-37)49(71)34-48(70)62-28-15-10-8-6-4-5-7-9-12-20-38-21-16-23-42-50(38)56(76)68(54(42)74)43-25-27-47(69)63-52(43)72/h11,13-14,16,18-19,21,23-24,26,32-33,39,43-44,51H,4-10,15,17,22,25,27-31,34-36H2,1-3H3,(H,62,70)(H,64,73)(H,63,69,72)(H2,78,79,80)/t39?,43?,44-,51+/m0/s1. The average Bonchev–Trinajstić information content (AvgIpc) is 3.90. The smallest absolute Gasteiger partial charge is 0.356 e. The minimum absolute atomic E-state index is 0.00849. The predicted molar refractivity (Wildman–Crippen MR) is 300 cm³/mol. The summed E-state index contributed by atoms with van der Waals surface area (Å²) in [5.74, 6) is 1.24. The molecule has 1 aromatic heterocycles. The fraction of sp³-hybridized carbons (Fsp3) is 0.475. The minimum Gasteiger partial charge on any atom is -0.356 e. The van der Waals surface area contributed by atoms with E-state index in [1.165, 1.54) is 28.0 Å². The highest BCUT2D eigenvalue weighted by Crippen LogP contribution is 2.59. The number of rotatable bonds is 19. The molecule has 3 aromatic carbocycles. The SMILES string of the molecule is CC(C)(C)[C@H](NC(=O)c1cc2cc(C(F)(F)P(=O)(O)O)ccc2s1)C(=O)N1CCN(C(=O)CC(=O)NCCCCCCCCCC#Cc2cccc3c2C(=O)N(C2CCC(=O)NC2=O)C3=O)C[C@H]1C(=O)N1CCCC(c2ccccc2)C1. The number of piperidine rings is 2. The van der Waals surface area contributed by atoms with Gasteiger partial charge in [0.2, 0.25) is 35.4 Å². The Morgan fingerprint density at radius 2 is 1.55 bits per heavy atom. The summed E-state index contributed by atoms with van der Waals surface area (Å²) in [5.41, 5.74) is -4.49. The van der Waals surface area contributed by atoms with Crippen molar-refractivity contribution in [1.29, 1.82) is 0 Å². The number of nitrogens with one attached hydrogen (secondary N) is 3. The van der Waals surface area contributed by atoms with Gasteiger partial charge in [-0.15, -0.1) is 11.3 Å². The highest BCUT2D eigenvalue weighted by Gasteiger charge is 2.51. The second-order valence-corrected chi connectivity index (χ2v) is 25.1. The van der Waals surface area contributed by atoms with Gasteiger partial charge >= 0.3 is 13.3 Å². The Bertz CT molecular complexity index is 3260. The van der Waals surface area contributed by atoms with Crippen molar-refractivity contribution >= 4 is 82.2 Å². The van der Waals surface area contributed by atoms with Gasteiger partial charge in [0, 0.05) is 67.3 Å². The zero-order valence-corrected chi connectivity index (χ0v) is 47.8. The van der Waals surface area contributed by atoms with Crippen molar-refractivity contribution < 1.29 is 66.3 Å². The summed E-state index contributed by atoms with van der Waals surface area (Å²) in [5, 5.41) is 7.98. The van der Waals surface area contributed by atoms with Gasteiger partial charge in [0.1, 0.15) is 24.5 Å². The summed E-state index contributed by atoms with van der Waals surface area (Å²) in [4.78, 5) is 145. The van der Waals surface area contributed by atoms with E-state index in [2.05, 4.69) is 27.8 Å². The van der Waals surface area contributed by atoms with Crippen molar-refractivity contribution in [2.75, 3.05) is 39.3 Å². The number of fused-ring (bicyclic) bond motifs is 2. The molecule has 4 atom stereocenters. The number of nitrogens with zero attached hydrogens (tertiary/aromatic N) is 4. The Labute approximate surface area is 478 Å². The van der Waals surface area contributed by atoms with Crippen LogP contribution in [0.2, 0.25) is 0 Å². The third-order valence-electron chi connectivity index (χ3n) is 15.5. The van der Waals surface area contributed by atoms with Crippen LogP contribution in [0.1, 0.15) is 157 Å².